The van der Waals surface area contributed by atoms with Gasteiger partial charge in [0, 0.05) is 34.3 Å². The number of furan rings is 1. The number of nitrogens with zero attached hydrogens (tertiary/aromatic N) is 2. The summed E-state index contributed by atoms with van der Waals surface area (Å²) in [5, 5.41) is 6.15. The smallest absolute Gasteiger partial charge is 0.192 e. The van der Waals surface area contributed by atoms with Crippen LogP contribution in [0.1, 0.15) is 19.4 Å². The Morgan fingerprint density at radius 2 is 1.81 bits per heavy atom. The molecule has 0 saturated carbocycles. The van der Waals surface area contributed by atoms with Gasteiger partial charge in [0.1, 0.15) is 5.82 Å². The van der Waals surface area contributed by atoms with Crippen LogP contribution in [0.3, 0.4) is 0 Å². The largest absolute Gasteiger partial charge is 0.472 e. The Balaban J connectivity index is 0.00000148. The summed E-state index contributed by atoms with van der Waals surface area (Å²) in [6.45, 7) is 6.04. The van der Waals surface area contributed by atoms with Gasteiger partial charge in [-0.15, -0.1) is 11.3 Å². The number of rotatable bonds is 7. The van der Waals surface area contributed by atoms with Gasteiger partial charge in [0.25, 0.3) is 0 Å². The van der Waals surface area contributed by atoms with Crippen molar-refractivity contribution >= 4 is 51.4 Å². The van der Waals surface area contributed by atoms with Gasteiger partial charge in [0.2, 0.25) is 0 Å². The van der Waals surface area contributed by atoms with Crippen molar-refractivity contribution in [3.05, 3.63) is 95.2 Å². The molecule has 9 heteroatoms. The number of benzene rings is 2. The van der Waals surface area contributed by atoms with E-state index in [2.05, 4.69) is 20.0 Å². The average Bonchev–Trinajstić information content (AvgIpc) is 3.62. The van der Waals surface area contributed by atoms with Crippen molar-refractivity contribution in [3.63, 3.8) is 0 Å². The fraction of sp³-hybridized carbons (Fsp3) is 0.111. The van der Waals surface area contributed by atoms with E-state index in [4.69, 9.17) is 16.0 Å². The lowest BCUT2D eigenvalue weighted by atomic mass is 10.0. The number of hydrogen-bond acceptors (Lipinski definition) is 7. The first-order valence-corrected chi connectivity index (χ1v) is 13.3. The number of nitrogens with one attached hydrogen (secondary N) is 2. The fourth-order valence-corrected chi connectivity index (χ4v) is 4.86. The van der Waals surface area contributed by atoms with Crippen molar-refractivity contribution in [1.29, 1.82) is 0 Å². The third-order valence-electron chi connectivity index (χ3n) is 5.05. The molecule has 0 aliphatic carbocycles. The highest BCUT2D eigenvalue weighted by Crippen LogP contribution is 2.37. The van der Waals surface area contributed by atoms with E-state index in [1.54, 1.807) is 31.0 Å². The molecule has 3 aromatic heterocycles. The summed E-state index contributed by atoms with van der Waals surface area (Å²) in [7, 11) is 0. The van der Waals surface area contributed by atoms with E-state index < -0.39 is 5.82 Å². The second kappa shape index (κ2) is 12.1. The van der Waals surface area contributed by atoms with Crippen molar-refractivity contribution < 1.29 is 8.81 Å². The Morgan fingerprint density at radius 1 is 1.00 bits per heavy atom. The van der Waals surface area contributed by atoms with Crippen LogP contribution in [0.4, 0.5) is 20.9 Å². The van der Waals surface area contributed by atoms with Crippen molar-refractivity contribution in [2.24, 2.45) is 0 Å². The molecule has 2 N–H and O–H groups in total. The molecule has 5 nitrogen and oxygen atoms in total. The summed E-state index contributed by atoms with van der Waals surface area (Å²) in [6, 6.07) is 15.0. The van der Waals surface area contributed by atoms with Crippen molar-refractivity contribution in [2.75, 3.05) is 10.0 Å². The molecule has 0 amide bonds. The van der Waals surface area contributed by atoms with E-state index in [9.17, 15) is 4.39 Å². The number of halogens is 2. The van der Waals surface area contributed by atoms with Crippen LogP contribution in [0.2, 0.25) is 5.02 Å². The topological polar surface area (TPSA) is 63.0 Å². The number of anilines is 3. The van der Waals surface area contributed by atoms with Gasteiger partial charge >= 0.3 is 0 Å². The van der Waals surface area contributed by atoms with Gasteiger partial charge in [0.05, 0.1) is 45.7 Å². The van der Waals surface area contributed by atoms with Gasteiger partial charge in [-0.05, 0) is 37.1 Å². The maximum absolute atomic E-state index is 14.8. The number of hydrogen-bond donors (Lipinski definition) is 2. The second-order valence-electron chi connectivity index (χ2n) is 7.42. The van der Waals surface area contributed by atoms with E-state index >= 15 is 0 Å². The molecule has 0 aliphatic heterocycles. The highest BCUT2D eigenvalue weighted by Gasteiger charge is 2.15. The minimum atomic E-state index is -0.407. The molecule has 0 atom stereocenters. The Hall–Kier alpha value is -3.33. The molecule has 0 fully saturated rings. The Labute approximate surface area is 222 Å². The predicted octanol–water partition coefficient (Wildman–Crippen LogP) is 9.46. The first-order valence-electron chi connectivity index (χ1n) is 11.2. The summed E-state index contributed by atoms with van der Waals surface area (Å²) < 4.78 is 23.2. The third-order valence-corrected chi connectivity index (χ3v) is 7.01. The van der Waals surface area contributed by atoms with Crippen molar-refractivity contribution in [3.8, 4) is 22.4 Å². The number of thiazole rings is 1. The monoisotopic (exact) mass is 538 g/mol. The number of aryl methyl sites for hydroxylation is 1. The SMILES string of the molecule is CC.Cc1ccc(-c2cc(-c3ccoc3)c(Nc3cc(F)c(SNc4nccs4)cc3Cl)cn2)cc1. The van der Waals surface area contributed by atoms with E-state index in [-0.39, 0.29) is 0 Å². The van der Waals surface area contributed by atoms with Crippen LogP contribution in [0.5, 0.6) is 0 Å². The van der Waals surface area contributed by atoms with Gasteiger partial charge in [-0.3, -0.25) is 4.98 Å². The maximum atomic E-state index is 14.8. The molecule has 2 aromatic carbocycles. The molecule has 3 heterocycles. The minimum absolute atomic E-state index is 0.369. The summed E-state index contributed by atoms with van der Waals surface area (Å²) in [4.78, 5) is 9.12. The van der Waals surface area contributed by atoms with E-state index in [1.165, 1.54) is 23.0 Å². The Bertz CT molecular complexity index is 1410. The van der Waals surface area contributed by atoms with Gasteiger partial charge in [-0.25, -0.2) is 9.37 Å². The standard InChI is InChI=1S/C25H18ClFN4OS2.C2H6/c1-15-2-4-16(5-3-15)21-10-18(17-6-8-32-14-17)23(13-29-21)30-22-12-20(27)24(11-19(22)26)34-31-25-28-7-9-33-25;1-2/h2-14,30H,1H3,(H,28,31);1-2H3. The zero-order chi connectivity index (χ0) is 25.5. The molecule has 0 bridgehead atoms. The predicted molar refractivity (Wildman–Crippen MR) is 150 cm³/mol. The third kappa shape index (κ3) is 6.07. The first kappa shape index (κ1) is 25.8. The number of aromatic nitrogens is 2. The van der Waals surface area contributed by atoms with E-state index in [0.717, 1.165) is 34.3 Å². The lowest BCUT2D eigenvalue weighted by molar-refractivity contribution is 0.568. The average molecular weight is 539 g/mol. The van der Waals surface area contributed by atoms with Crippen molar-refractivity contribution in [1.82, 2.24) is 9.97 Å². The first-order chi connectivity index (χ1) is 17.6. The molecule has 5 aromatic rings. The quantitative estimate of drug-likeness (QED) is 0.201. The second-order valence-corrected chi connectivity index (χ2v) is 9.57. The highest BCUT2D eigenvalue weighted by molar-refractivity contribution is 8.00. The lowest BCUT2D eigenvalue weighted by Gasteiger charge is -2.15. The zero-order valence-corrected chi connectivity index (χ0v) is 22.3. The Morgan fingerprint density at radius 3 is 2.50 bits per heavy atom. The van der Waals surface area contributed by atoms with E-state index in [1.807, 2.05) is 62.5 Å². The summed E-state index contributed by atoms with van der Waals surface area (Å²) >= 11 is 9.06. The van der Waals surface area contributed by atoms with Crippen LogP contribution in [-0.2, 0) is 0 Å². The van der Waals surface area contributed by atoms with Crippen LogP contribution >= 0.6 is 34.9 Å². The van der Waals surface area contributed by atoms with Crippen LogP contribution in [0, 0.1) is 12.7 Å². The van der Waals surface area contributed by atoms with Crippen LogP contribution < -0.4 is 10.0 Å². The molecular formula is C27H24ClFN4OS2. The fourth-order valence-electron chi connectivity index (χ4n) is 3.31. The van der Waals surface area contributed by atoms with Crippen LogP contribution in [0.25, 0.3) is 22.4 Å². The maximum Gasteiger partial charge on any atom is 0.192 e. The van der Waals surface area contributed by atoms with Crippen molar-refractivity contribution in [2.45, 2.75) is 25.7 Å². The van der Waals surface area contributed by atoms with Gasteiger partial charge < -0.3 is 14.5 Å². The summed E-state index contributed by atoms with van der Waals surface area (Å²) in [6.07, 6.45) is 6.67. The molecule has 0 saturated heterocycles. The minimum Gasteiger partial charge on any atom is -0.472 e. The molecule has 0 spiro atoms. The van der Waals surface area contributed by atoms with Gasteiger partial charge in [0.15, 0.2) is 5.13 Å². The number of pyridine rings is 1. The molecule has 5 rings (SSSR count). The summed E-state index contributed by atoms with van der Waals surface area (Å²) in [5.41, 5.74) is 5.85. The molecule has 0 unspecified atom stereocenters. The summed E-state index contributed by atoms with van der Waals surface area (Å²) in [5.74, 6) is -0.407. The Kier molecular flexibility index (Phi) is 8.64. The zero-order valence-electron chi connectivity index (χ0n) is 19.9. The molecule has 0 radical (unpaired) electrons. The van der Waals surface area contributed by atoms with E-state index in [0.29, 0.717) is 26.4 Å². The molecule has 36 heavy (non-hydrogen) atoms. The normalized spacial score (nSPS) is 10.5. The van der Waals surface area contributed by atoms with Gasteiger partial charge in [-0.2, -0.15) is 0 Å². The lowest BCUT2D eigenvalue weighted by Crippen LogP contribution is -1.98. The van der Waals surface area contributed by atoms with Crippen LogP contribution in [-0.4, -0.2) is 9.97 Å². The van der Waals surface area contributed by atoms with Crippen LogP contribution in [0.15, 0.2) is 88.1 Å². The molecular weight excluding hydrogens is 515 g/mol. The van der Waals surface area contributed by atoms with Gasteiger partial charge in [-0.1, -0.05) is 55.3 Å². The molecule has 0 aliphatic rings. The highest BCUT2D eigenvalue weighted by atomic mass is 35.5. The molecule has 184 valence electrons.